The van der Waals surface area contributed by atoms with Gasteiger partial charge in [-0.1, -0.05) is 19.3 Å². The van der Waals surface area contributed by atoms with Crippen molar-refractivity contribution in [1.29, 1.82) is 0 Å². The lowest BCUT2D eigenvalue weighted by molar-refractivity contribution is 0.100. The first-order chi connectivity index (χ1) is 8.16. The van der Waals surface area contributed by atoms with Gasteiger partial charge in [-0.15, -0.1) is 0 Å². The average molecular weight is 234 g/mol. The lowest BCUT2D eigenvalue weighted by Gasteiger charge is -2.25. The Bertz CT molecular complexity index is 414. The van der Waals surface area contributed by atoms with Crippen LogP contribution in [-0.4, -0.2) is 12.5 Å². The third kappa shape index (κ3) is 2.90. The third-order valence-electron chi connectivity index (χ3n) is 3.31. The fourth-order valence-corrected chi connectivity index (χ4v) is 1.96. The van der Waals surface area contributed by atoms with Crippen LogP contribution in [0.3, 0.4) is 0 Å². The van der Waals surface area contributed by atoms with E-state index in [4.69, 9.17) is 16.2 Å². The Balaban J connectivity index is 1.91. The van der Waals surface area contributed by atoms with Crippen molar-refractivity contribution in [2.24, 2.45) is 11.7 Å². The van der Waals surface area contributed by atoms with Gasteiger partial charge in [-0.05, 0) is 30.5 Å². The van der Waals surface area contributed by atoms with Gasteiger partial charge in [0, 0.05) is 5.69 Å². The van der Waals surface area contributed by atoms with Gasteiger partial charge in [0.25, 0.3) is 5.91 Å². The van der Waals surface area contributed by atoms with E-state index in [2.05, 4.69) is 0 Å². The van der Waals surface area contributed by atoms with Crippen molar-refractivity contribution in [3.05, 3.63) is 23.8 Å². The Hall–Kier alpha value is -1.71. The first-order valence-corrected chi connectivity index (χ1v) is 5.99. The molecular formula is C13H18N2O2. The molecule has 1 aliphatic carbocycles. The highest BCUT2D eigenvalue weighted by Gasteiger charge is 2.17. The molecule has 0 heterocycles. The van der Waals surface area contributed by atoms with E-state index in [0.29, 0.717) is 23.6 Å². The highest BCUT2D eigenvalue weighted by molar-refractivity contribution is 5.98. The molecule has 1 amide bonds. The molecule has 0 unspecified atom stereocenters. The van der Waals surface area contributed by atoms with E-state index in [0.717, 1.165) is 12.3 Å². The van der Waals surface area contributed by atoms with E-state index >= 15 is 0 Å². The number of rotatable bonds is 5. The smallest absolute Gasteiger partial charge is 0.250 e. The van der Waals surface area contributed by atoms with Crippen LogP contribution in [0.1, 0.15) is 36.0 Å². The van der Waals surface area contributed by atoms with Crippen molar-refractivity contribution in [3.8, 4) is 5.75 Å². The fraction of sp³-hybridized carbons (Fsp3) is 0.462. The number of anilines is 1. The zero-order valence-corrected chi connectivity index (χ0v) is 9.82. The number of nitrogens with two attached hydrogens (primary N) is 2. The summed E-state index contributed by atoms with van der Waals surface area (Å²) in [6.45, 7) is 0.687. The van der Waals surface area contributed by atoms with Crippen LogP contribution in [0.2, 0.25) is 0 Å². The number of hydrogen-bond donors (Lipinski definition) is 2. The molecule has 0 bridgehead atoms. The molecule has 4 nitrogen and oxygen atoms in total. The summed E-state index contributed by atoms with van der Waals surface area (Å²) in [4.78, 5) is 11.1. The van der Waals surface area contributed by atoms with Gasteiger partial charge in [-0.3, -0.25) is 4.79 Å². The van der Waals surface area contributed by atoms with Crippen molar-refractivity contribution in [1.82, 2.24) is 0 Å². The number of ether oxygens (including phenoxy) is 1. The fourth-order valence-electron chi connectivity index (χ4n) is 1.96. The van der Waals surface area contributed by atoms with Crippen LogP contribution in [-0.2, 0) is 0 Å². The molecule has 4 heteroatoms. The van der Waals surface area contributed by atoms with Crippen molar-refractivity contribution in [3.63, 3.8) is 0 Å². The number of nitrogen functional groups attached to an aromatic ring is 1. The van der Waals surface area contributed by atoms with E-state index in [1.54, 1.807) is 18.2 Å². The Morgan fingerprint density at radius 2 is 2.18 bits per heavy atom. The molecule has 92 valence electrons. The van der Waals surface area contributed by atoms with Gasteiger partial charge in [0.1, 0.15) is 5.75 Å². The van der Waals surface area contributed by atoms with Gasteiger partial charge in [0.2, 0.25) is 0 Å². The van der Waals surface area contributed by atoms with E-state index in [1.165, 1.54) is 19.3 Å². The van der Waals surface area contributed by atoms with Crippen molar-refractivity contribution in [2.45, 2.75) is 25.7 Å². The molecule has 0 radical (unpaired) electrons. The summed E-state index contributed by atoms with van der Waals surface area (Å²) in [6.07, 6.45) is 5.06. The first kappa shape index (κ1) is 11.8. The molecule has 0 saturated heterocycles. The van der Waals surface area contributed by atoms with Crippen LogP contribution in [0.4, 0.5) is 5.69 Å². The lowest BCUT2D eigenvalue weighted by Crippen LogP contribution is -2.15. The van der Waals surface area contributed by atoms with Crippen molar-refractivity contribution >= 4 is 11.6 Å². The maximum absolute atomic E-state index is 11.1. The summed E-state index contributed by atoms with van der Waals surface area (Å²) in [7, 11) is 0. The SMILES string of the molecule is NC(=O)c1cc(OCCC2CCC2)ccc1N. The zero-order chi connectivity index (χ0) is 12.3. The molecule has 1 aromatic carbocycles. The number of carbonyl (C=O) groups excluding carboxylic acids is 1. The first-order valence-electron chi connectivity index (χ1n) is 5.99. The Morgan fingerprint density at radius 3 is 2.76 bits per heavy atom. The van der Waals surface area contributed by atoms with Gasteiger partial charge < -0.3 is 16.2 Å². The topological polar surface area (TPSA) is 78.3 Å². The lowest BCUT2D eigenvalue weighted by atomic mass is 9.83. The molecule has 0 aliphatic heterocycles. The predicted octanol–water partition coefficient (Wildman–Crippen LogP) is 1.94. The van der Waals surface area contributed by atoms with Gasteiger partial charge in [0.05, 0.1) is 12.2 Å². The highest BCUT2D eigenvalue weighted by Crippen LogP contribution is 2.29. The predicted molar refractivity (Wildman–Crippen MR) is 66.8 cm³/mol. The average Bonchev–Trinajstić information content (AvgIpc) is 2.23. The Labute approximate surface area is 101 Å². The van der Waals surface area contributed by atoms with Crippen LogP contribution in [0.15, 0.2) is 18.2 Å². The van der Waals surface area contributed by atoms with Crippen LogP contribution in [0.25, 0.3) is 0 Å². The molecule has 17 heavy (non-hydrogen) atoms. The zero-order valence-electron chi connectivity index (χ0n) is 9.82. The highest BCUT2D eigenvalue weighted by atomic mass is 16.5. The largest absolute Gasteiger partial charge is 0.494 e. The van der Waals surface area contributed by atoms with Gasteiger partial charge in [-0.25, -0.2) is 0 Å². The molecule has 1 aromatic rings. The van der Waals surface area contributed by atoms with E-state index < -0.39 is 5.91 Å². The number of benzene rings is 1. The standard InChI is InChI=1S/C13H18N2O2/c14-12-5-4-10(8-11(12)13(15)16)17-7-6-9-2-1-3-9/h4-5,8-9H,1-3,6-7,14H2,(H2,15,16). The summed E-state index contributed by atoms with van der Waals surface area (Å²) in [5, 5.41) is 0. The summed E-state index contributed by atoms with van der Waals surface area (Å²) in [6, 6.07) is 5.03. The number of carbonyl (C=O) groups is 1. The normalized spacial score (nSPS) is 15.3. The molecule has 0 aromatic heterocycles. The minimum Gasteiger partial charge on any atom is -0.494 e. The van der Waals surface area contributed by atoms with E-state index in [-0.39, 0.29) is 0 Å². The van der Waals surface area contributed by atoms with Crippen molar-refractivity contribution < 1.29 is 9.53 Å². The van der Waals surface area contributed by atoms with Crippen LogP contribution < -0.4 is 16.2 Å². The van der Waals surface area contributed by atoms with Crippen LogP contribution in [0, 0.1) is 5.92 Å². The van der Waals surface area contributed by atoms with Crippen LogP contribution in [0.5, 0.6) is 5.75 Å². The third-order valence-corrected chi connectivity index (χ3v) is 3.31. The van der Waals surface area contributed by atoms with Gasteiger partial charge in [-0.2, -0.15) is 0 Å². The number of amides is 1. The quantitative estimate of drug-likeness (QED) is 0.764. The maximum Gasteiger partial charge on any atom is 0.250 e. The Morgan fingerprint density at radius 1 is 1.41 bits per heavy atom. The number of primary amides is 1. The second-order valence-corrected chi connectivity index (χ2v) is 4.55. The maximum atomic E-state index is 11.1. The number of hydrogen-bond acceptors (Lipinski definition) is 3. The molecular weight excluding hydrogens is 216 g/mol. The summed E-state index contributed by atoms with van der Waals surface area (Å²) >= 11 is 0. The molecule has 2 rings (SSSR count). The molecule has 1 aliphatic rings. The second kappa shape index (κ2) is 5.08. The van der Waals surface area contributed by atoms with Crippen LogP contribution >= 0.6 is 0 Å². The van der Waals surface area contributed by atoms with Crippen molar-refractivity contribution in [2.75, 3.05) is 12.3 Å². The van der Waals surface area contributed by atoms with Gasteiger partial charge in [0.15, 0.2) is 0 Å². The molecule has 1 saturated carbocycles. The minimum atomic E-state index is -0.521. The van der Waals surface area contributed by atoms with E-state index in [9.17, 15) is 4.79 Å². The monoisotopic (exact) mass is 234 g/mol. The Kier molecular flexibility index (Phi) is 3.52. The minimum absolute atomic E-state index is 0.325. The van der Waals surface area contributed by atoms with Gasteiger partial charge >= 0.3 is 0 Å². The molecule has 0 spiro atoms. The summed E-state index contributed by atoms with van der Waals surface area (Å²) in [5.74, 6) is 0.957. The summed E-state index contributed by atoms with van der Waals surface area (Å²) in [5.41, 5.74) is 11.6. The molecule has 0 atom stereocenters. The molecule has 4 N–H and O–H groups in total. The molecule has 1 fully saturated rings. The van der Waals surface area contributed by atoms with E-state index in [1.807, 2.05) is 0 Å². The second-order valence-electron chi connectivity index (χ2n) is 4.55. The summed E-state index contributed by atoms with van der Waals surface area (Å²) < 4.78 is 5.59.